The molecule has 9 heteroatoms. The van der Waals surface area contributed by atoms with Gasteiger partial charge in [-0.3, -0.25) is 4.79 Å². The summed E-state index contributed by atoms with van der Waals surface area (Å²) in [4.78, 5) is 17.0. The number of nitrogen functional groups attached to an aromatic ring is 1. The predicted octanol–water partition coefficient (Wildman–Crippen LogP) is 1.10. The van der Waals surface area contributed by atoms with Crippen molar-refractivity contribution in [3.8, 4) is 5.88 Å². The standard InChI is InChI=1S/C9H10F3N3O3/c1-18-7-4(2-3-5(16)17)6(9(10,11)12)14-8(13)15-7/h2-3H2,1H3,(H,16,17)(H2,13,14,15). The number of methoxy groups -OCH3 is 1. The molecular formula is C9H10F3N3O3. The van der Waals surface area contributed by atoms with Crippen molar-refractivity contribution in [1.29, 1.82) is 0 Å². The summed E-state index contributed by atoms with van der Waals surface area (Å²) in [6, 6.07) is 0. The molecule has 0 fully saturated rings. The number of rotatable bonds is 4. The topological polar surface area (TPSA) is 98.3 Å². The van der Waals surface area contributed by atoms with Crippen molar-refractivity contribution in [3.05, 3.63) is 11.3 Å². The van der Waals surface area contributed by atoms with Crippen LogP contribution in [0.25, 0.3) is 0 Å². The lowest BCUT2D eigenvalue weighted by Crippen LogP contribution is -2.17. The number of carboxylic acids is 1. The molecule has 0 aliphatic heterocycles. The lowest BCUT2D eigenvalue weighted by molar-refractivity contribution is -0.143. The van der Waals surface area contributed by atoms with E-state index in [0.29, 0.717) is 0 Å². The average Bonchev–Trinajstić information content (AvgIpc) is 2.24. The fourth-order valence-electron chi connectivity index (χ4n) is 1.34. The second-order valence-corrected chi connectivity index (χ2v) is 3.31. The Bertz CT molecular complexity index is 462. The molecule has 0 saturated carbocycles. The molecule has 1 aromatic rings. The SMILES string of the molecule is COc1nc(N)nc(C(F)(F)F)c1CCC(=O)O. The van der Waals surface area contributed by atoms with Gasteiger partial charge in [-0.25, -0.2) is 4.98 Å². The summed E-state index contributed by atoms with van der Waals surface area (Å²) in [7, 11) is 1.12. The van der Waals surface area contributed by atoms with E-state index in [2.05, 4.69) is 14.7 Å². The first-order valence-electron chi connectivity index (χ1n) is 4.75. The summed E-state index contributed by atoms with van der Waals surface area (Å²) in [5, 5.41) is 8.50. The van der Waals surface area contributed by atoms with Gasteiger partial charge in [-0.2, -0.15) is 18.2 Å². The first-order chi connectivity index (χ1) is 8.25. The van der Waals surface area contributed by atoms with Crippen molar-refractivity contribution in [3.63, 3.8) is 0 Å². The van der Waals surface area contributed by atoms with E-state index in [1.165, 1.54) is 0 Å². The smallest absolute Gasteiger partial charge is 0.433 e. The molecule has 18 heavy (non-hydrogen) atoms. The van der Waals surface area contributed by atoms with E-state index in [0.717, 1.165) is 7.11 Å². The summed E-state index contributed by atoms with van der Waals surface area (Å²) >= 11 is 0. The fraction of sp³-hybridized carbons (Fsp3) is 0.444. The first kappa shape index (κ1) is 14.0. The van der Waals surface area contributed by atoms with E-state index in [4.69, 9.17) is 10.8 Å². The van der Waals surface area contributed by atoms with Crippen LogP contribution in [0.4, 0.5) is 19.1 Å². The number of alkyl halides is 3. The maximum absolute atomic E-state index is 12.7. The summed E-state index contributed by atoms with van der Waals surface area (Å²) in [5.41, 5.74) is 3.45. The van der Waals surface area contributed by atoms with Crippen molar-refractivity contribution in [2.45, 2.75) is 19.0 Å². The highest BCUT2D eigenvalue weighted by molar-refractivity contribution is 5.67. The molecule has 1 aromatic heterocycles. The minimum Gasteiger partial charge on any atom is -0.481 e. The van der Waals surface area contributed by atoms with Crippen molar-refractivity contribution in [2.75, 3.05) is 12.8 Å². The summed E-state index contributed by atoms with van der Waals surface area (Å²) < 4.78 is 42.8. The van der Waals surface area contributed by atoms with Gasteiger partial charge < -0.3 is 15.6 Å². The molecule has 6 nitrogen and oxygen atoms in total. The zero-order chi connectivity index (χ0) is 13.9. The molecule has 0 radical (unpaired) electrons. The van der Waals surface area contributed by atoms with Crippen LogP contribution in [-0.2, 0) is 17.4 Å². The van der Waals surface area contributed by atoms with Crippen molar-refractivity contribution < 1.29 is 27.8 Å². The number of nitrogens with two attached hydrogens (primary N) is 1. The molecule has 1 heterocycles. The van der Waals surface area contributed by atoms with Crippen LogP contribution in [-0.4, -0.2) is 28.2 Å². The van der Waals surface area contributed by atoms with Gasteiger partial charge in [-0.05, 0) is 6.42 Å². The van der Waals surface area contributed by atoms with Crippen LogP contribution in [0.2, 0.25) is 0 Å². The monoisotopic (exact) mass is 265 g/mol. The number of halogens is 3. The van der Waals surface area contributed by atoms with Crippen LogP contribution in [0, 0.1) is 0 Å². The number of nitrogens with zero attached hydrogens (tertiary/aromatic N) is 2. The van der Waals surface area contributed by atoms with Crippen LogP contribution < -0.4 is 10.5 Å². The summed E-state index contributed by atoms with van der Waals surface area (Å²) in [5.74, 6) is -2.18. The largest absolute Gasteiger partial charge is 0.481 e. The Balaban J connectivity index is 3.29. The van der Waals surface area contributed by atoms with Crippen molar-refractivity contribution in [1.82, 2.24) is 9.97 Å². The fourth-order valence-corrected chi connectivity index (χ4v) is 1.34. The molecule has 0 saturated heterocycles. The Hall–Kier alpha value is -2.06. The van der Waals surface area contributed by atoms with Gasteiger partial charge in [0, 0.05) is 12.0 Å². The van der Waals surface area contributed by atoms with Gasteiger partial charge >= 0.3 is 12.1 Å². The molecule has 1 rings (SSSR count). The van der Waals surface area contributed by atoms with Crippen LogP contribution in [0.5, 0.6) is 5.88 Å². The van der Waals surface area contributed by atoms with E-state index >= 15 is 0 Å². The molecule has 0 aliphatic carbocycles. The third kappa shape index (κ3) is 3.22. The van der Waals surface area contributed by atoms with Gasteiger partial charge in [0.05, 0.1) is 7.11 Å². The normalized spacial score (nSPS) is 11.3. The van der Waals surface area contributed by atoms with E-state index in [1.54, 1.807) is 0 Å². The summed E-state index contributed by atoms with van der Waals surface area (Å²) in [6.07, 6.45) is -5.64. The van der Waals surface area contributed by atoms with Gasteiger partial charge in [0.15, 0.2) is 5.69 Å². The minimum absolute atomic E-state index is 0.365. The van der Waals surface area contributed by atoms with E-state index in [9.17, 15) is 18.0 Å². The van der Waals surface area contributed by atoms with Gasteiger partial charge in [-0.1, -0.05) is 0 Å². The second-order valence-electron chi connectivity index (χ2n) is 3.31. The highest BCUT2D eigenvalue weighted by Crippen LogP contribution is 2.34. The second kappa shape index (κ2) is 5.07. The molecular weight excluding hydrogens is 255 g/mol. The molecule has 0 atom stereocenters. The van der Waals surface area contributed by atoms with Crippen LogP contribution in [0.3, 0.4) is 0 Å². The molecule has 0 unspecified atom stereocenters. The zero-order valence-corrected chi connectivity index (χ0v) is 9.28. The van der Waals surface area contributed by atoms with Gasteiger partial charge in [0.2, 0.25) is 11.8 Å². The molecule has 0 bridgehead atoms. The third-order valence-corrected chi connectivity index (χ3v) is 2.04. The maximum Gasteiger partial charge on any atom is 0.433 e. The number of hydrogen-bond donors (Lipinski definition) is 2. The number of carbonyl (C=O) groups is 1. The van der Waals surface area contributed by atoms with Gasteiger partial charge in [-0.15, -0.1) is 0 Å². The van der Waals surface area contributed by atoms with Gasteiger partial charge in [0.1, 0.15) is 0 Å². The molecule has 0 aliphatic rings. The Morgan fingerprint density at radius 2 is 2.06 bits per heavy atom. The van der Waals surface area contributed by atoms with E-state index in [1.807, 2.05) is 0 Å². The Kier molecular flexibility index (Phi) is 3.94. The zero-order valence-electron chi connectivity index (χ0n) is 9.28. The summed E-state index contributed by atoms with van der Waals surface area (Å²) in [6.45, 7) is 0. The van der Waals surface area contributed by atoms with Crippen LogP contribution in [0.15, 0.2) is 0 Å². The molecule has 0 spiro atoms. The molecule has 0 amide bonds. The van der Waals surface area contributed by atoms with Crippen LogP contribution in [0.1, 0.15) is 17.7 Å². The van der Waals surface area contributed by atoms with E-state index in [-0.39, 0.29) is 5.88 Å². The minimum atomic E-state index is -4.75. The Morgan fingerprint density at radius 1 is 1.44 bits per heavy atom. The molecule has 100 valence electrons. The third-order valence-electron chi connectivity index (χ3n) is 2.04. The number of anilines is 1. The highest BCUT2D eigenvalue weighted by atomic mass is 19.4. The number of ether oxygens (including phenoxy) is 1. The maximum atomic E-state index is 12.7. The van der Waals surface area contributed by atoms with Gasteiger partial charge in [0.25, 0.3) is 0 Å². The Labute approximate surface area is 99.6 Å². The number of carboxylic acid groups (broad SMARTS) is 1. The lowest BCUT2D eigenvalue weighted by Gasteiger charge is -2.14. The molecule has 0 aromatic carbocycles. The van der Waals surface area contributed by atoms with Crippen LogP contribution >= 0.6 is 0 Å². The average molecular weight is 265 g/mol. The lowest BCUT2D eigenvalue weighted by atomic mass is 10.1. The predicted molar refractivity (Wildman–Crippen MR) is 54.0 cm³/mol. The van der Waals surface area contributed by atoms with Crippen molar-refractivity contribution >= 4 is 11.9 Å². The van der Waals surface area contributed by atoms with E-state index < -0.39 is 42.2 Å². The van der Waals surface area contributed by atoms with Crippen molar-refractivity contribution in [2.24, 2.45) is 0 Å². The highest BCUT2D eigenvalue weighted by Gasteiger charge is 2.37. The number of hydrogen-bond acceptors (Lipinski definition) is 5. The first-order valence-corrected chi connectivity index (χ1v) is 4.75. The Morgan fingerprint density at radius 3 is 2.50 bits per heavy atom. The molecule has 3 N–H and O–H groups in total. The number of aromatic nitrogens is 2. The quantitative estimate of drug-likeness (QED) is 0.845. The number of aliphatic carboxylic acids is 1.